The average Bonchev–Trinajstić information content (AvgIpc) is 3.13. The van der Waals surface area contributed by atoms with Gasteiger partial charge in [0, 0.05) is 16.3 Å². The number of aliphatic imine (C=N–C) groups is 1. The van der Waals surface area contributed by atoms with Crippen LogP contribution in [0.4, 0.5) is 5.69 Å². The number of benzene rings is 3. The number of ether oxygens (including phenoxy) is 1. The minimum atomic E-state index is -0.977. The first-order valence-corrected chi connectivity index (χ1v) is 10.0. The number of para-hydroxylation sites is 1. The highest BCUT2D eigenvalue weighted by Crippen LogP contribution is 2.24. The first kappa shape index (κ1) is 21.1. The molecule has 0 bridgehead atoms. The summed E-state index contributed by atoms with van der Waals surface area (Å²) in [6.07, 6.45) is 1.65. The molecule has 0 saturated heterocycles. The number of hydrogen-bond donors (Lipinski definition) is 3. The molecule has 3 aromatic carbocycles. The van der Waals surface area contributed by atoms with E-state index in [1.54, 1.807) is 48.5 Å². The molecule has 0 saturated carbocycles. The van der Waals surface area contributed by atoms with Crippen LogP contribution in [0.1, 0.15) is 21.5 Å². The number of nitrogens with zero attached hydrogens (tertiary/aromatic N) is 1. The molecule has 1 aliphatic heterocycles. The van der Waals surface area contributed by atoms with E-state index < -0.39 is 5.97 Å². The van der Waals surface area contributed by atoms with Gasteiger partial charge >= 0.3 is 5.97 Å². The number of carboxylic acid groups (broad SMARTS) is 1. The lowest BCUT2D eigenvalue weighted by atomic mass is 10.1. The van der Waals surface area contributed by atoms with Crippen LogP contribution >= 0.6 is 11.6 Å². The highest BCUT2D eigenvalue weighted by Gasteiger charge is 2.20. The van der Waals surface area contributed by atoms with Crippen molar-refractivity contribution in [2.75, 3.05) is 5.32 Å². The van der Waals surface area contributed by atoms with Gasteiger partial charge in [-0.25, -0.2) is 9.79 Å². The van der Waals surface area contributed by atoms with Gasteiger partial charge in [-0.2, -0.15) is 0 Å². The summed E-state index contributed by atoms with van der Waals surface area (Å²) in [5, 5.41) is 15.3. The van der Waals surface area contributed by atoms with Crippen LogP contribution < -0.4 is 15.4 Å². The molecule has 8 heteroatoms. The van der Waals surface area contributed by atoms with Gasteiger partial charge in [-0.1, -0.05) is 41.9 Å². The van der Waals surface area contributed by atoms with E-state index in [1.807, 2.05) is 18.2 Å². The molecule has 0 fully saturated rings. The molecule has 1 heterocycles. The fraction of sp³-hybridized carbons (Fsp3) is 0.0417. The third kappa shape index (κ3) is 5.14. The monoisotopic (exact) mass is 447 g/mol. The van der Waals surface area contributed by atoms with Crippen LogP contribution in [0.25, 0.3) is 6.08 Å². The van der Waals surface area contributed by atoms with E-state index in [1.165, 1.54) is 12.1 Å². The summed E-state index contributed by atoms with van der Waals surface area (Å²) in [5.41, 5.74) is 2.71. The molecule has 0 atom stereocenters. The average molecular weight is 448 g/mol. The summed E-state index contributed by atoms with van der Waals surface area (Å²) < 4.78 is 5.90. The number of hydrogen-bond acceptors (Lipinski definition) is 5. The molecule has 160 valence electrons. The van der Waals surface area contributed by atoms with Crippen molar-refractivity contribution in [2.24, 2.45) is 4.99 Å². The van der Waals surface area contributed by atoms with Crippen LogP contribution in [0.2, 0.25) is 5.02 Å². The normalized spacial score (nSPS) is 14.1. The Balaban J connectivity index is 1.48. The summed E-state index contributed by atoms with van der Waals surface area (Å²) in [6.45, 7) is 0.249. The second kappa shape index (κ2) is 9.36. The Morgan fingerprint density at radius 3 is 2.50 bits per heavy atom. The maximum absolute atomic E-state index is 12.4. The second-order valence-corrected chi connectivity index (χ2v) is 7.34. The molecule has 0 aromatic heterocycles. The third-order valence-corrected chi connectivity index (χ3v) is 4.86. The molecule has 32 heavy (non-hydrogen) atoms. The van der Waals surface area contributed by atoms with Gasteiger partial charge in [0.15, 0.2) is 0 Å². The number of aromatic carboxylic acids is 1. The first-order chi connectivity index (χ1) is 15.5. The van der Waals surface area contributed by atoms with Crippen molar-refractivity contribution in [1.29, 1.82) is 0 Å². The van der Waals surface area contributed by atoms with Crippen LogP contribution in [0, 0.1) is 0 Å². The zero-order chi connectivity index (χ0) is 22.5. The van der Waals surface area contributed by atoms with E-state index in [0.29, 0.717) is 22.3 Å². The number of carboxylic acids is 1. The van der Waals surface area contributed by atoms with Gasteiger partial charge in [0.25, 0.3) is 5.91 Å². The van der Waals surface area contributed by atoms with Crippen molar-refractivity contribution in [3.05, 3.63) is 100 Å². The Morgan fingerprint density at radius 1 is 1.06 bits per heavy atom. The fourth-order valence-corrected chi connectivity index (χ4v) is 3.11. The highest BCUT2D eigenvalue weighted by atomic mass is 35.5. The number of halogens is 1. The SMILES string of the molecule is O=C1NC(Nc2ccc(Cl)cc2)=NC1=Cc1ccccc1OCc1ccc(C(=O)O)cc1. The van der Waals surface area contributed by atoms with Gasteiger partial charge in [0.05, 0.1) is 5.56 Å². The second-order valence-electron chi connectivity index (χ2n) is 6.90. The van der Waals surface area contributed by atoms with Crippen LogP contribution in [0.3, 0.4) is 0 Å². The van der Waals surface area contributed by atoms with Crippen LogP contribution in [0.15, 0.2) is 83.5 Å². The van der Waals surface area contributed by atoms with E-state index >= 15 is 0 Å². The van der Waals surface area contributed by atoms with E-state index in [0.717, 1.165) is 11.3 Å². The van der Waals surface area contributed by atoms with Crippen molar-refractivity contribution in [1.82, 2.24) is 5.32 Å². The van der Waals surface area contributed by atoms with Crippen molar-refractivity contribution in [2.45, 2.75) is 6.61 Å². The third-order valence-electron chi connectivity index (χ3n) is 4.61. The van der Waals surface area contributed by atoms with E-state index in [9.17, 15) is 9.59 Å². The molecule has 1 amide bonds. The van der Waals surface area contributed by atoms with Gasteiger partial charge in [-0.15, -0.1) is 0 Å². The van der Waals surface area contributed by atoms with E-state index in [4.69, 9.17) is 21.4 Å². The number of rotatable bonds is 6. The molecular weight excluding hydrogens is 430 g/mol. The minimum absolute atomic E-state index is 0.215. The highest BCUT2D eigenvalue weighted by molar-refractivity contribution is 6.30. The zero-order valence-corrected chi connectivity index (χ0v) is 17.5. The molecule has 0 radical (unpaired) electrons. The summed E-state index contributed by atoms with van der Waals surface area (Å²) in [5.74, 6) is -0.416. The number of guanidine groups is 1. The predicted octanol–water partition coefficient (Wildman–Crippen LogP) is 4.56. The van der Waals surface area contributed by atoms with Gasteiger partial charge in [-0.05, 0) is 54.1 Å². The van der Waals surface area contributed by atoms with Crippen molar-refractivity contribution in [3.8, 4) is 5.75 Å². The Bertz CT molecular complexity index is 1220. The molecule has 0 aliphatic carbocycles. The predicted molar refractivity (Wildman–Crippen MR) is 123 cm³/mol. The summed E-state index contributed by atoms with van der Waals surface area (Å²) >= 11 is 5.89. The number of carbonyl (C=O) groups is 2. The smallest absolute Gasteiger partial charge is 0.335 e. The maximum atomic E-state index is 12.4. The van der Waals surface area contributed by atoms with Crippen LogP contribution in [-0.4, -0.2) is 22.9 Å². The summed E-state index contributed by atoms with van der Waals surface area (Å²) in [7, 11) is 0. The minimum Gasteiger partial charge on any atom is -0.488 e. The zero-order valence-electron chi connectivity index (χ0n) is 16.7. The molecule has 0 spiro atoms. The standard InChI is InChI=1S/C24H18ClN3O4/c25-18-9-11-19(12-10-18)26-24-27-20(22(29)28-24)13-17-3-1-2-4-21(17)32-14-15-5-7-16(8-6-15)23(30)31/h1-13H,14H2,(H,30,31)(H2,26,27,28,29). The quantitative estimate of drug-likeness (QED) is 0.481. The fourth-order valence-electron chi connectivity index (χ4n) is 2.98. The van der Waals surface area contributed by atoms with E-state index in [-0.39, 0.29) is 23.8 Å². The molecule has 7 nitrogen and oxygen atoms in total. The van der Waals surface area contributed by atoms with E-state index in [2.05, 4.69) is 15.6 Å². The van der Waals surface area contributed by atoms with Gasteiger partial charge in [0.1, 0.15) is 18.1 Å². The lowest BCUT2D eigenvalue weighted by Crippen LogP contribution is -2.29. The topological polar surface area (TPSA) is 100 Å². The van der Waals surface area contributed by atoms with Gasteiger partial charge in [0.2, 0.25) is 5.96 Å². The van der Waals surface area contributed by atoms with Crippen molar-refractivity contribution >= 4 is 41.2 Å². The number of carbonyl (C=O) groups excluding carboxylic acids is 1. The molecule has 4 rings (SSSR count). The van der Waals surface area contributed by atoms with Crippen LogP contribution in [-0.2, 0) is 11.4 Å². The number of anilines is 1. The van der Waals surface area contributed by atoms with Crippen LogP contribution in [0.5, 0.6) is 5.75 Å². The lowest BCUT2D eigenvalue weighted by Gasteiger charge is -2.09. The van der Waals surface area contributed by atoms with Gasteiger partial charge < -0.3 is 15.2 Å². The molecule has 1 aliphatic rings. The van der Waals surface area contributed by atoms with Gasteiger partial charge in [-0.3, -0.25) is 10.1 Å². The number of nitrogens with one attached hydrogen (secondary N) is 2. The Labute approximate surface area is 189 Å². The number of amides is 1. The molecule has 3 N–H and O–H groups in total. The Kier molecular flexibility index (Phi) is 6.19. The summed E-state index contributed by atoms with van der Waals surface area (Å²) in [6, 6.07) is 20.8. The summed E-state index contributed by atoms with van der Waals surface area (Å²) in [4.78, 5) is 27.7. The van der Waals surface area contributed by atoms with Crippen molar-refractivity contribution in [3.63, 3.8) is 0 Å². The molecule has 0 unspecified atom stereocenters. The lowest BCUT2D eigenvalue weighted by molar-refractivity contribution is -0.115. The Hall–Kier alpha value is -4.10. The Morgan fingerprint density at radius 2 is 1.78 bits per heavy atom. The van der Waals surface area contributed by atoms with Crippen molar-refractivity contribution < 1.29 is 19.4 Å². The first-order valence-electron chi connectivity index (χ1n) is 9.66. The largest absolute Gasteiger partial charge is 0.488 e. The molecular formula is C24H18ClN3O4. The maximum Gasteiger partial charge on any atom is 0.335 e. The molecule has 3 aromatic rings.